The minimum Gasteiger partial charge on any atom is -0.478 e. The van der Waals surface area contributed by atoms with E-state index >= 15 is 0 Å². The van der Waals surface area contributed by atoms with E-state index in [1.54, 1.807) is 0 Å². The largest absolute Gasteiger partial charge is 0.478 e. The number of terminal acetylenes is 1. The van der Waals surface area contributed by atoms with Gasteiger partial charge in [0.1, 0.15) is 0 Å². The summed E-state index contributed by atoms with van der Waals surface area (Å²) in [6.07, 6.45) is 6.24. The lowest BCUT2D eigenvalue weighted by molar-refractivity contribution is 0.0696. The van der Waals surface area contributed by atoms with Gasteiger partial charge in [0.2, 0.25) is 0 Å². The quantitative estimate of drug-likeness (QED) is 0.782. The highest BCUT2D eigenvalue weighted by Gasteiger charge is 2.18. The van der Waals surface area contributed by atoms with Crippen molar-refractivity contribution in [3.05, 3.63) is 28.8 Å². The molecule has 16 heavy (non-hydrogen) atoms. The average Bonchev–Trinajstić information content (AvgIpc) is 2.15. The Balaban J connectivity index is 3.69. The number of sulfone groups is 1. The van der Waals surface area contributed by atoms with E-state index in [-0.39, 0.29) is 21.6 Å². The fraction of sp³-hybridized carbons (Fsp3) is 0.182. The van der Waals surface area contributed by atoms with Crippen molar-refractivity contribution in [3.63, 3.8) is 0 Å². The monoisotopic (exact) mass is 238 g/mol. The molecular weight excluding hydrogens is 228 g/mol. The molecule has 0 saturated carbocycles. The van der Waals surface area contributed by atoms with Gasteiger partial charge in [-0.2, -0.15) is 0 Å². The fourth-order valence-corrected chi connectivity index (χ4v) is 2.30. The second kappa shape index (κ2) is 3.99. The molecule has 0 amide bonds. The van der Waals surface area contributed by atoms with Crippen LogP contribution in [0.4, 0.5) is 0 Å². The summed E-state index contributed by atoms with van der Waals surface area (Å²) < 4.78 is 22.8. The first kappa shape index (κ1) is 12.3. The lowest BCUT2D eigenvalue weighted by atomic mass is 10.0. The maximum atomic E-state index is 11.4. The molecule has 0 heterocycles. The Morgan fingerprint density at radius 2 is 2.00 bits per heavy atom. The standard InChI is InChI=1S/C11H10O4S/c1-4-8-7(2)9(11(12)13)5-6-10(8)16(3,14)15/h1,5-6H,2-3H3,(H,12,13). The highest BCUT2D eigenvalue weighted by Crippen LogP contribution is 2.22. The molecule has 0 unspecified atom stereocenters. The second-order valence-electron chi connectivity index (χ2n) is 3.33. The number of hydrogen-bond acceptors (Lipinski definition) is 3. The predicted molar refractivity (Wildman–Crippen MR) is 59.2 cm³/mol. The van der Waals surface area contributed by atoms with Gasteiger partial charge >= 0.3 is 5.97 Å². The van der Waals surface area contributed by atoms with Crippen LogP contribution in [0.25, 0.3) is 0 Å². The molecule has 0 fully saturated rings. The Bertz CT molecular complexity index is 591. The number of rotatable bonds is 2. The molecule has 1 aromatic carbocycles. The summed E-state index contributed by atoms with van der Waals surface area (Å²) in [5, 5.41) is 8.86. The summed E-state index contributed by atoms with van der Waals surface area (Å²) in [4.78, 5) is 10.8. The van der Waals surface area contributed by atoms with E-state index in [0.29, 0.717) is 0 Å². The smallest absolute Gasteiger partial charge is 0.335 e. The summed E-state index contributed by atoms with van der Waals surface area (Å²) >= 11 is 0. The van der Waals surface area contributed by atoms with Gasteiger partial charge in [0.15, 0.2) is 9.84 Å². The van der Waals surface area contributed by atoms with Gasteiger partial charge in [0.05, 0.1) is 10.5 Å². The molecule has 0 radical (unpaired) electrons. The number of benzene rings is 1. The Morgan fingerprint density at radius 1 is 1.44 bits per heavy atom. The van der Waals surface area contributed by atoms with Gasteiger partial charge in [-0.1, -0.05) is 5.92 Å². The van der Waals surface area contributed by atoms with Crippen LogP contribution in [0.15, 0.2) is 17.0 Å². The molecule has 0 aliphatic heterocycles. The molecule has 1 rings (SSSR count). The molecule has 5 heteroatoms. The van der Waals surface area contributed by atoms with Crippen LogP contribution >= 0.6 is 0 Å². The molecule has 4 nitrogen and oxygen atoms in total. The van der Waals surface area contributed by atoms with Gasteiger partial charge < -0.3 is 5.11 Å². The van der Waals surface area contributed by atoms with Crippen molar-refractivity contribution < 1.29 is 18.3 Å². The zero-order valence-corrected chi connectivity index (χ0v) is 9.63. The van der Waals surface area contributed by atoms with Gasteiger partial charge in [-0.3, -0.25) is 0 Å². The highest BCUT2D eigenvalue weighted by atomic mass is 32.2. The average molecular weight is 238 g/mol. The van der Waals surface area contributed by atoms with Crippen LogP contribution in [-0.4, -0.2) is 25.7 Å². The minimum atomic E-state index is -3.45. The Hall–Kier alpha value is -1.80. The summed E-state index contributed by atoms with van der Waals surface area (Å²) in [7, 11) is -3.45. The summed E-state index contributed by atoms with van der Waals surface area (Å²) in [6, 6.07) is 2.47. The van der Waals surface area contributed by atoms with E-state index < -0.39 is 15.8 Å². The molecule has 0 aromatic heterocycles. The van der Waals surface area contributed by atoms with Crippen LogP contribution in [0.5, 0.6) is 0 Å². The first-order chi connectivity index (χ1) is 7.29. The van der Waals surface area contributed by atoms with Crippen LogP contribution < -0.4 is 0 Å². The third kappa shape index (κ3) is 2.07. The Labute approximate surface area is 93.8 Å². The van der Waals surface area contributed by atoms with E-state index in [2.05, 4.69) is 5.92 Å². The van der Waals surface area contributed by atoms with Crippen molar-refractivity contribution in [2.24, 2.45) is 0 Å². The van der Waals surface area contributed by atoms with Crippen molar-refractivity contribution >= 4 is 15.8 Å². The number of carboxylic acids is 1. The molecule has 0 bridgehead atoms. The predicted octanol–water partition coefficient (Wildman–Crippen LogP) is 1.08. The number of aromatic carboxylic acids is 1. The van der Waals surface area contributed by atoms with Crippen molar-refractivity contribution in [3.8, 4) is 12.3 Å². The lowest BCUT2D eigenvalue weighted by Crippen LogP contribution is -2.07. The molecule has 0 atom stereocenters. The lowest BCUT2D eigenvalue weighted by Gasteiger charge is -2.08. The molecular formula is C11H10O4S. The first-order valence-corrected chi connectivity index (χ1v) is 6.21. The highest BCUT2D eigenvalue weighted by molar-refractivity contribution is 7.90. The van der Waals surface area contributed by atoms with Gasteiger partial charge in [-0.25, -0.2) is 13.2 Å². The van der Waals surface area contributed by atoms with E-state index in [9.17, 15) is 13.2 Å². The number of carbonyl (C=O) groups is 1. The van der Waals surface area contributed by atoms with Crippen LogP contribution in [0.2, 0.25) is 0 Å². The summed E-state index contributed by atoms with van der Waals surface area (Å²) in [6.45, 7) is 1.49. The third-order valence-electron chi connectivity index (χ3n) is 2.20. The van der Waals surface area contributed by atoms with E-state index in [1.807, 2.05) is 0 Å². The molecule has 0 aliphatic carbocycles. The minimum absolute atomic E-state index is 0.0142. The SMILES string of the molecule is C#Cc1c(S(C)(=O)=O)ccc(C(=O)O)c1C. The zero-order chi connectivity index (χ0) is 12.5. The van der Waals surface area contributed by atoms with Crippen LogP contribution in [0, 0.1) is 19.3 Å². The van der Waals surface area contributed by atoms with E-state index in [1.165, 1.54) is 19.1 Å². The van der Waals surface area contributed by atoms with Crippen molar-refractivity contribution in [1.82, 2.24) is 0 Å². The molecule has 0 saturated heterocycles. The topological polar surface area (TPSA) is 71.4 Å². The maximum absolute atomic E-state index is 11.4. The van der Waals surface area contributed by atoms with E-state index in [4.69, 9.17) is 11.5 Å². The molecule has 0 spiro atoms. The first-order valence-electron chi connectivity index (χ1n) is 4.32. The van der Waals surface area contributed by atoms with E-state index in [0.717, 1.165) is 6.26 Å². The molecule has 1 aromatic rings. The number of hydrogen-bond donors (Lipinski definition) is 1. The van der Waals surface area contributed by atoms with Gasteiger partial charge in [0, 0.05) is 11.8 Å². The third-order valence-corrected chi connectivity index (χ3v) is 3.34. The Kier molecular flexibility index (Phi) is 3.06. The normalized spacial score (nSPS) is 10.8. The van der Waals surface area contributed by atoms with Crippen molar-refractivity contribution in [1.29, 1.82) is 0 Å². The number of carboxylic acid groups (broad SMARTS) is 1. The van der Waals surface area contributed by atoms with Crippen LogP contribution in [0.3, 0.4) is 0 Å². The zero-order valence-electron chi connectivity index (χ0n) is 8.81. The van der Waals surface area contributed by atoms with Crippen molar-refractivity contribution in [2.45, 2.75) is 11.8 Å². The molecule has 0 aliphatic rings. The summed E-state index contributed by atoms with van der Waals surface area (Å²) in [5.74, 6) is 1.09. The van der Waals surface area contributed by atoms with Gasteiger partial charge in [-0.15, -0.1) is 6.42 Å². The second-order valence-corrected chi connectivity index (χ2v) is 5.32. The Morgan fingerprint density at radius 3 is 2.38 bits per heavy atom. The van der Waals surface area contributed by atoms with Crippen LogP contribution in [0.1, 0.15) is 21.5 Å². The summed E-state index contributed by atoms with van der Waals surface area (Å²) in [5.41, 5.74) is 0.417. The fourth-order valence-electron chi connectivity index (χ4n) is 1.41. The maximum Gasteiger partial charge on any atom is 0.335 e. The van der Waals surface area contributed by atoms with Crippen LogP contribution in [-0.2, 0) is 9.84 Å². The van der Waals surface area contributed by atoms with Gasteiger partial charge in [0.25, 0.3) is 0 Å². The van der Waals surface area contributed by atoms with Gasteiger partial charge in [-0.05, 0) is 24.6 Å². The van der Waals surface area contributed by atoms with Crippen molar-refractivity contribution in [2.75, 3.05) is 6.26 Å². The molecule has 1 N–H and O–H groups in total. The molecule has 84 valence electrons.